The molecule has 6 nitrogen and oxygen atoms in total. The molecular formula is C18H14F3N5OS. The number of hydrogen-bond acceptors (Lipinski definition) is 5. The van der Waals surface area contributed by atoms with Crippen molar-refractivity contribution in [2.75, 3.05) is 0 Å². The quantitative estimate of drug-likeness (QED) is 0.558. The molecule has 1 atom stereocenters. The third-order valence-electron chi connectivity index (χ3n) is 4.79. The van der Waals surface area contributed by atoms with E-state index in [9.17, 15) is 18.3 Å². The van der Waals surface area contributed by atoms with Gasteiger partial charge in [0, 0.05) is 4.88 Å². The highest BCUT2D eigenvalue weighted by atomic mass is 32.1. The molecule has 1 unspecified atom stereocenters. The first-order valence-corrected chi connectivity index (χ1v) is 9.46. The lowest BCUT2D eigenvalue weighted by atomic mass is 10.1. The highest BCUT2D eigenvalue weighted by molar-refractivity contribution is 7.17. The number of aliphatic hydroxyl groups is 1. The van der Waals surface area contributed by atoms with Crippen molar-refractivity contribution in [2.24, 2.45) is 0 Å². The van der Waals surface area contributed by atoms with Gasteiger partial charge in [-0.15, -0.1) is 16.4 Å². The summed E-state index contributed by atoms with van der Waals surface area (Å²) < 4.78 is 41.4. The molecule has 0 radical (unpaired) electrons. The number of alkyl halides is 3. The second kappa shape index (κ2) is 6.14. The molecule has 1 fully saturated rings. The Kier molecular flexibility index (Phi) is 3.81. The zero-order valence-corrected chi connectivity index (χ0v) is 15.2. The van der Waals surface area contributed by atoms with Gasteiger partial charge in [-0.25, -0.2) is 9.67 Å². The van der Waals surface area contributed by atoms with E-state index >= 15 is 0 Å². The molecule has 0 saturated heterocycles. The standard InChI is InChI=1S/C18H14F3N5OS/c19-18(20,21)11-3-5-12(6-4-11)26-8-13(23-24-26)16(27)15-17(10-1-2-10)28-14-7-22-9-25(14)15/h3-10,16,27H,1-2H2. The van der Waals surface area contributed by atoms with Gasteiger partial charge in [-0.3, -0.25) is 4.40 Å². The number of rotatable bonds is 4. The van der Waals surface area contributed by atoms with E-state index in [-0.39, 0.29) is 0 Å². The molecule has 0 aliphatic heterocycles. The van der Waals surface area contributed by atoms with Gasteiger partial charge in [0.05, 0.1) is 29.3 Å². The summed E-state index contributed by atoms with van der Waals surface area (Å²) in [6, 6.07) is 4.63. The Hall–Kier alpha value is -2.72. The van der Waals surface area contributed by atoms with Gasteiger partial charge in [-0.2, -0.15) is 13.2 Å². The minimum Gasteiger partial charge on any atom is -0.380 e. The second-order valence-electron chi connectivity index (χ2n) is 6.76. The number of aliphatic hydroxyl groups excluding tert-OH is 1. The van der Waals surface area contributed by atoms with E-state index < -0.39 is 17.8 Å². The molecule has 4 aromatic rings. The second-order valence-corrected chi connectivity index (χ2v) is 7.83. The lowest BCUT2D eigenvalue weighted by Gasteiger charge is -2.09. The van der Waals surface area contributed by atoms with Crippen LogP contribution in [-0.4, -0.2) is 29.5 Å². The van der Waals surface area contributed by atoms with Gasteiger partial charge in [-0.05, 0) is 43.0 Å². The maximum atomic E-state index is 12.7. The first-order valence-electron chi connectivity index (χ1n) is 8.64. The number of halogens is 3. The predicted molar refractivity (Wildman–Crippen MR) is 95.5 cm³/mol. The van der Waals surface area contributed by atoms with E-state index in [1.165, 1.54) is 23.0 Å². The zero-order valence-electron chi connectivity index (χ0n) is 14.3. The zero-order chi connectivity index (χ0) is 19.5. The normalized spacial score (nSPS) is 16.0. The third kappa shape index (κ3) is 2.89. The van der Waals surface area contributed by atoms with Crippen molar-refractivity contribution >= 4 is 16.2 Å². The van der Waals surface area contributed by atoms with Crippen LogP contribution in [0.15, 0.2) is 43.0 Å². The van der Waals surface area contributed by atoms with Crippen molar-refractivity contribution in [1.82, 2.24) is 24.4 Å². The van der Waals surface area contributed by atoms with Crippen LogP contribution in [0, 0.1) is 0 Å². The van der Waals surface area contributed by atoms with Gasteiger partial charge in [0.15, 0.2) is 0 Å². The van der Waals surface area contributed by atoms with Crippen LogP contribution in [0.4, 0.5) is 13.2 Å². The first-order chi connectivity index (χ1) is 13.4. The molecule has 144 valence electrons. The molecule has 5 rings (SSSR count). The Balaban J connectivity index is 1.48. The maximum Gasteiger partial charge on any atom is 0.416 e. The van der Waals surface area contributed by atoms with Gasteiger partial charge in [0.25, 0.3) is 0 Å². The Morgan fingerprint density at radius 3 is 2.61 bits per heavy atom. The summed E-state index contributed by atoms with van der Waals surface area (Å²) in [4.78, 5) is 6.20. The van der Waals surface area contributed by atoms with Crippen LogP contribution >= 0.6 is 11.3 Å². The molecule has 0 amide bonds. The number of fused-ring (bicyclic) bond motifs is 1. The Morgan fingerprint density at radius 2 is 1.93 bits per heavy atom. The SMILES string of the molecule is OC(c1cn(-c2ccc(C(F)(F)F)cc2)nn1)c1c(C2CC2)sc2cncn12. The Labute approximate surface area is 160 Å². The highest BCUT2D eigenvalue weighted by Crippen LogP contribution is 2.47. The number of nitrogens with zero attached hydrogens (tertiary/aromatic N) is 5. The highest BCUT2D eigenvalue weighted by Gasteiger charge is 2.33. The van der Waals surface area contributed by atoms with Gasteiger partial charge in [-0.1, -0.05) is 5.21 Å². The average molecular weight is 405 g/mol. The summed E-state index contributed by atoms with van der Waals surface area (Å²) in [5, 5.41) is 19.0. The van der Waals surface area contributed by atoms with Crippen molar-refractivity contribution in [3.63, 3.8) is 0 Å². The molecule has 0 spiro atoms. The minimum atomic E-state index is -4.39. The average Bonchev–Trinajstić information content (AvgIpc) is 3.07. The van der Waals surface area contributed by atoms with Crippen LogP contribution in [0.3, 0.4) is 0 Å². The van der Waals surface area contributed by atoms with Crippen LogP contribution in [0.25, 0.3) is 10.5 Å². The smallest absolute Gasteiger partial charge is 0.380 e. The number of aromatic nitrogens is 5. The Morgan fingerprint density at radius 1 is 1.18 bits per heavy atom. The fraction of sp³-hybridized carbons (Fsp3) is 0.278. The lowest BCUT2D eigenvalue weighted by Crippen LogP contribution is -2.06. The van der Waals surface area contributed by atoms with E-state index in [4.69, 9.17) is 0 Å². The molecule has 0 bridgehead atoms. The van der Waals surface area contributed by atoms with Gasteiger partial charge in [0.2, 0.25) is 0 Å². The van der Waals surface area contributed by atoms with Gasteiger partial charge in [0.1, 0.15) is 23.0 Å². The monoisotopic (exact) mass is 405 g/mol. The first kappa shape index (κ1) is 17.4. The molecule has 1 aromatic carbocycles. The molecule has 3 aromatic heterocycles. The molecule has 10 heteroatoms. The maximum absolute atomic E-state index is 12.7. The number of hydrogen-bond donors (Lipinski definition) is 1. The molecule has 1 aliphatic rings. The van der Waals surface area contributed by atoms with E-state index in [1.54, 1.807) is 23.9 Å². The molecule has 3 heterocycles. The largest absolute Gasteiger partial charge is 0.416 e. The minimum absolute atomic E-state index is 0.329. The van der Waals surface area contributed by atoms with Crippen LogP contribution in [0.1, 0.15) is 46.7 Å². The topological polar surface area (TPSA) is 68.2 Å². The van der Waals surface area contributed by atoms with E-state index in [1.807, 2.05) is 4.40 Å². The van der Waals surface area contributed by atoms with Crippen molar-refractivity contribution in [3.05, 3.63) is 64.8 Å². The third-order valence-corrected chi connectivity index (χ3v) is 6.06. The van der Waals surface area contributed by atoms with Crippen molar-refractivity contribution in [3.8, 4) is 5.69 Å². The lowest BCUT2D eigenvalue weighted by molar-refractivity contribution is -0.137. The van der Waals surface area contributed by atoms with Gasteiger partial charge >= 0.3 is 6.18 Å². The Bertz CT molecular complexity index is 1140. The van der Waals surface area contributed by atoms with Crippen LogP contribution < -0.4 is 0 Å². The van der Waals surface area contributed by atoms with Crippen molar-refractivity contribution in [1.29, 1.82) is 0 Å². The van der Waals surface area contributed by atoms with Crippen LogP contribution in [-0.2, 0) is 6.18 Å². The fourth-order valence-electron chi connectivity index (χ4n) is 3.20. The molecule has 28 heavy (non-hydrogen) atoms. The van der Waals surface area contributed by atoms with Crippen molar-refractivity contribution in [2.45, 2.75) is 31.0 Å². The summed E-state index contributed by atoms with van der Waals surface area (Å²) in [6.45, 7) is 0. The van der Waals surface area contributed by atoms with E-state index in [0.717, 1.165) is 40.4 Å². The van der Waals surface area contributed by atoms with E-state index in [0.29, 0.717) is 17.3 Å². The van der Waals surface area contributed by atoms with Crippen molar-refractivity contribution < 1.29 is 18.3 Å². The molecule has 1 N–H and O–H groups in total. The molecule has 1 aliphatic carbocycles. The number of thiazole rings is 1. The summed E-state index contributed by atoms with van der Waals surface area (Å²) in [5.74, 6) is 0.444. The molecular weight excluding hydrogens is 391 g/mol. The van der Waals surface area contributed by atoms with E-state index in [2.05, 4.69) is 15.3 Å². The van der Waals surface area contributed by atoms with Crippen LogP contribution in [0.2, 0.25) is 0 Å². The summed E-state index contributed by atoms with van der Waals surface area (Å²) in [7, 11) is 0. The fourth-order valence-corrected chi connectivity index (χ4v) is 4.50. The summed E-state index contributed by atoms with van der Waals surface area (Å²) in [5.41, 5.74) is 0.764. The number of benzene rings is 1. The van der Waals surface area contributed by atoms with Gasteiger partial charge < -0.3 is 5.11 Å². The summed E-state index contributed by atoms with van der Waals surface area (Å²) in [6.07, 6.45) is 1.75. The van der Waals surface area contributed by atoms with Crippen LogP contribution in [0.5, 0.6) is 0 Å². The number of imidazole rings is 1. The predicted octanol–water partition coefficient (Wildman–Crippen LogP) is 3.95. The summed E-state index contributed by atoms with van der Waals surface area (Å²) >= 11 is 1.61. The molecule has 1 saturated carbocycles.